The summed E-state index contributed by atoms with van der Waals surface area (Å²) in [5.74, 6) is 0. The summed E-state index contributed by atoms with van der Waals surface area (Å²) < 4.78 is 58.0. The quantitative estimate of drug-likeness (QED) is 0.568. The summed E-state index contributed by atoms with van der Waals surface area (Å²) >= 11 is 0. The Labute approximate surface area is 131 Å². The number of fused-ring (bicyclic) bond motifs is 1. The maximum Gasteiger partial charge on any atom is 1.00 e. The fourth-order valence-corrected chi connectivity index (χ4v) is 2.09. The molecule has 0 aliphatic heterocycles. The van der Waals surface area contributed by atoms with Crippen molar-refractivity contribution < 1.29 is 51.3 Å². The van der Waals surface area contributed by atoms with Crippen molar-refractivity contribution in [3.63, 3.8) is 0 Å². The summed E-state index contributed by atoms with van der Waals surface area (Å²) in [6.07, 6.45) is -1.11. The number of rotatable bonds is 3. The van der Waals surface area contributed by atoms with E-state index in [1.165, 1.54) is 6.07 Å². The number of hydrogen-bond donors (Lipinski definition) is 0. The van der Waals surface area contributed by atoms with E-state index in [4.69, 9.17) is 0 Å². The molecule has 7 heteroatoms. The molecule has 2 aromatic carbocycles. The van der Waals surface area contributed by atoms with Gasteiger partial charge < -0.3 is 4.55 Å². The second-order valence-electron chi connectivity index (χ2n) is 3.91. The molecule has 0 fully saturated rings. The molecule has 0 atom stereocenters. The van der Waals surface area contributed by atoms with Gasteiger partial charge in [-0.15, -0.1) is 0 Å². The van der Waals surface area contributed by atoms with Crippen LogP contribution in [0.5, 0.6) is 0 Å². The van der Waals surface area contributed by atoms with Gasteiger partial charge in [0.2, 0.25) is 0 Å². The monoisotopic (exact) mass is 294 g/mol. The van der Waals surface area contributed by atoms with Crippen LogP contribution in [0.3, 0.4) is 0 Å². The van der Waals surface area contributed by atoms with E-state index >= 15 is 0 Å². The summed E-state index contributed by atoms with van der Waals surface area (Å²) in [4.78, 5) is 0. The predicted molar refractivity (Wildman–Crippen MR) is 62.3 cm³/mol. The molecule has 0 unspecified atom stereocenters. The Kier molecular flexibility index (Phi) is 5.08. The van der Waals surface area contributed by atoms with Crippen LogP contribution in [0.25, 0.3) is 10.8 Å². The van der Waals surface area contributed by atoms with Crippen LogP contribution in [-0.2, 0) is 16.5 Å². The Bertz CT molecular complexity index is 681. The summed E-state index contributed by atoms with van der Waals surface area (Å²) in [6.45, 7) is 0. The second kappa shape index (κ2) is 5.85. The number of alkyl halides is 2. The van der Waals surface area contributed by atoms with Gasteiger partial charge in [-0.05, 0) is 16.3 Å². The predicted octanol–water partition coefficient (Wildman–Crippen LogP) is -0.476. The van der Waals surface area contributed by atoms with E-state index in [0.29, 0.717) is 10.8 Å². The number of hydrogen-bond acceptors (Lipinski definition) is 3. The third-order valence-corrected chi connectivity index (χ3v) is 3.52. The minimum Gasteiger partial charge on any atom is -0.743 e. The zero-order chi connectivity index (χ0) is 13.4. The van der Waals surface area contributed by atoms with E-state index in [2.05, 4.69) is 0 Å². The summed E-state index contributed by atoms with van der Waals surface area (Å²) in [5.41, 5.74) is 0.137. The maximum atomic E-state index is 13.2. The van der Waals surface area contributed by atoms with Gasteiger partial charge in [-0.3, -0.25) is 0 Å². The van der Waals surface area contributed by atoms with Crippen LogP contribution in [-0.4, -0.2) is 18.2 Å². The Morgan fingerprint density at radius 2 is 1.63 bits per heavy atom. The Morgan fingerprint density at radius 1 is 1.05 bits per heavy atom. The Morgan fingerprint density at radius 3 is 2.26 bits per heavy atom. The van der Waals surface area contributed by atoms with Crippen molar-refractivity contribution >= 4 is 20.9 Å². The average molecular weight is 294 g/mol. The molecule has 0 aromatic heterocycles. The van der Waals surface area contributed by atoms with Gasteiger partial charge in [0.15, 0.2) is 10.1 Å². The average Bonchev–Trinajstić information content (AvgIpc) is 2.27. The largest absolute Gasteiger partial charge is 1.00 e. The van der Waals surface area contributed by atoms with Crippen LogP contribution in [0.15, 0.2) is 42.5 Å². The molecule has 0 aliphatic rings. The summed E-state index contributed by atoms with van der Waals surface area (Å²) in [5, 5.41) is -3.06. The first-order valence-electron chi connectivity index (χ1n) is 5.11. The van der Waals surface area contributed by atoms with Crippen LogP contribution in [0.1, 0.15) is 5.56 Å². The smallest absolute Gasteiger partial charge is 0.743 e. The Balaban J connectivity index is 0.00000180. The molecular weight excluding hydrogens is 285 g/mol. The van der Waals surface area contributed by atoms with Gasteiger partial charge in [-0.1, -0.05) is 42.5 Å². The van der Waals surface area contributed by atoms with Crippen LogP contribution in [0.4, 0.5) is 8.78 Å². The van der Waals surface area contributed by atoms with Gasteiger partial charge in [0, 0.05) is 0 Å². The molecule has 0 aliphatic carbocycles. The van der Waals surface area contributed by atoms with Crippen LogP contribution < -0.4 is 29.6 Å². The van der Waals surface area contributed by atoms with Crippen molar-refractivity contribution in [1.82, 2.24) is 0 Å². The molecule has 0 amide bonds. The van der Waals surface area contributed by atoms with Crippen molar-refractivity contribution in [2.75, 3.05) is 0 Å². The molecule has 2 rings (SSSR count). The number of halogens is 2. The van der Waals surface area contributed by atoms with E-state index in [-0.39, 0.29) is 35.1 Å². The van der Waals surface area contributed by atoms with E-state index in [0.717, 1.165) is 0 Å². The van der Waals surface area contributed by atoms with Gasteiger partial charge in [-0.25, -0.2) is 8.42 Å². The van der Waals surface area contributed by atoms with Crippen molar-refractivity contribution in [2.45, 2.75) is 11.7 Å². The van der Waals surface area contributed by atoms with E-state index < -0.39 is 21.8 Å². The molecule has 96 valence electrons. The zero-order valence-corrected chi connectivity index (χ0v) is 13.0. The maximum absolute atomic E-state index is 13.2. The molecule has 0 N–H and O–H groups in total. The summed E-state index contributed by atoms with van der Waals surface area (Å²) in [7, 11) is -5.65. The van der Waals surface area contributed by atoms with Gasteiger partial charge >= 0.3 is 34.8 Å². The fourth-order valence-electron chi connectivity index (χ4n) is 1.76. The third-order valence-electron chi connectivity index (χ3n) is 2.64. The molecule has 0 bridgehead atoms. The first-order valence-corrected chi connectivity index (χ1v) is 6.52. The van der Waals surface area contributed by atoms with Crippen LogP contribution in [0, 0.1) is 0 Å². The standard InChI is InChI=1S/C12H10F2O3S.Na/c13-12(14,18(15,16)17)8-10-6-3-5-9-4-1-2-7-11(9)10;/h1-7H,8H2,(H,15,16,17);/q;+1/p-1. The molecule has 0 saturated carbocycles. The molecule has 0 radical (unpaired) electrons. The van der Waals surface area contributed by atoms with Gasteiger partial charge in [0.1, 0.15) is 0 Å². The topological polar surface area (TPSA) is 57.2 Å². The molecule has 3 nitrogen and oxygen atoms in total. The third kappa shape index (κ3) is 3.52. The van der Waals surface area contributed by atoms with E-state index in [9.17, 15) is 21.8 Å². The van der Waals surface area contributed by atoms with Gasteiger partial charge in [-0.2, -0.15) is 8.78 Å². The molecule has 2 aromatic rings. The van der Waals surface area contributed by atoms with Gasteiger partial charge in [0.25, 0.3) is 0 Å². The van der Waals surface area contributed by atoms with Crippen molar-refractivity contribution in [1.29, 1.82) is 0 Å². The van der Waals surface area contributed by atoms with E-state index in [1.54, 1.807) is 36.4 Å². The number of benzene rings is 2. The molecule has 0 heterocycles. The SMILES string of the molecule is O=S(=O)([O-])C(F)(F)Cc1cccc2ccccc12.[Na+]. The molecule has 19 heavy (non-hydrogen) atoms. The van der Waals surface area contributed by atoms with Crippen molar-refractivity contribution in [3.8, 4) is 0 Å². The molecule has 0 saturated heterocycles. The molecule has 0 spiro atoms. The summed E-state index contributed by atoms with van der Waals surface area (Å²) in [6, 6.07) is 11.4. The van der Waals surface area contributed by atoms with Crippen LogP contribution in [0.2, 0.25) is 0 Å². The van der Waals surface area contributed by atoms with Crippen LogP contribution >= 0.6 is 0 Å². The minimum atomic E-state index is -5.65. The van der Waals surface area contributed by atoms with E-state index in [1.807, 2.05) is 0 Å². The fraction of sp³-hybridized carbons (Fsp3) is 0.167. The minimum absolute atomic E-state index is 0. The van der Waals surface area contributed by atoms with Gasteiger partial charge in [0.05, 0.1) is 6.42 Å². The normalized spacial score (nSPS) is 12.2. The second-order valence-corrected chi connectivity index (χ2v) is 5.41. The molecular formula is C12H9F2NaO3S. The first kappa shape index (κ1) is 16.5. The zero-order valence-electron chi connectivity index (χ0n) is 10.1. The Hall–Kier alpha value is -0.530. The van der Waals surface area contributed by atoms with Crippen molar-refractivity contribution in [2.24, 2.45) is 0 Å². The van der Waals surface area contributed by atoms with Crippen molar-refractivity contribution in [3.05, 3.63) is 48.0 Å². The first-order chi connectivity index (χ1) is 8.31.